The lowest BCUT2D eigenvalue weighted by Crippen LogP contribution is -2.37. The van der Waals surface area contributed by atoms with Crippen LogP contribution in [0.5, 0.6) is 0 Å². The maximum absolute atomic E-state index is 5.80. The largest absolute Gasteiger partial charge is 0.379 e. The molecule has 5 heteroatoms. The van der Waals surface area contributed by atoms with Crippen molar-refractivity contribution in [2.75, 3.05) is 32.0 Å². The molecule has 0 radical (unpaired) electrons. The molecule has 2 aromatic carbocycles. The second-order valence-corrected chi connectivity index (χ2v) is 7.24. The fraction of sp³-hybridized carbons (Fsp3) is 0.316. The topological polar surface area (TPSA) is 51.4 Å². The van der Waals surface area contributed by atoms with E-state index in [1.807, 2.05) is 0 Å². The molecule has 2 heterocycles. The Bertz CT molecular complexity index is 837. The molecule has 0 bridgehead atoms. The first-order valence-electron chi connectivity index (χ1n) is 8.29. The monoisotopic (exact) mass is 339 g/mol. The molecular weight excluding hydrogens is 318 g/mol. The van der Waals surface area contributed by atoms with Gasteiger partial charge < -0.3 is 10.5 Å². The van der Waals surface area contributed by atoms with Gasteiger partial charge in [-0.25, -0.2) is 4.98 Å². The summed E-state index contributed by atoms with van der Waals surface area (Å²) in [5.74, 6) is 0. The molecule has 4 rings (SSSR count). The lowest BCUT2D eigenvalue weighted by molar-refractivity contribution is 0.0198. The normalized spacial score (nSPS) is 17.2. The molecule has 1 aliphatic heterocycles. The highest BCUT2D eigenvalue weighted by Crippen LogP contribution is 2.30. The molecule has 0 saturated carbocycles. The summed E-state index contributed by atoms with van der Waals surface area (Å²) in [5, 5.41) is 0.622. The van der Waals surface area contributed by atoms with Crippen molar-refractivity contribution in [3.63, 3.8) is 0 Å². The Hall–Kier alpha value is -1.95. The Labute approximate surface area is 145 Å². The van der Waals surface area contributed by atoms with Crippen LogP contribution in [0.15, 0.2) is 42.5 Å². The summed E-state index contributed by atoms with van der Waals surface area (Å²) in [6.07, 6.45) is 0. The Balaban J connectivity index is 1.57. The van der Waals surface area contributed by atoms with Gasteiger partial charge in [-0.05, 0) is 35.7 Å². The number of anilines is 1. The predicted octanol–water partition coefficient (Wildman–Crippen LogP) is 3.94. The van der Waals surface area contributed by atoms with Gasteiger partial charge in [-0.15, -0.1) is 0 Å². The van der Waals surface area contributed by atoms with Gasteiger partial charge in [-0.3, -0.25) is 4.90 Å². The van der Waals surface area contributed by atoms with E-state index in [9.17, 15) is 0 Å². The molecular formula is C19H21N3OS. The molecule has 24 heavy (non-hydrogen) atoms. The van der Waals surface area contributed by atoms with Crippen molar-refractivity contribution in [2.24, 2.45) is 0 Å². The van der Waals surface area contributed by atoms with Crippen molar-refractivity contribution in [3.05, 3.63) is 48.0 Å². The van der Waals surface area contributed by atoms with Gasteiger partial charge in [-0.2, -0.15) is 0 Å². The van der Waals surface area contributed by atoms with Crippen LogP contribution in [-0.4, -0.2) is 36.2 Å². The first-order valence-corrected chi connectivity index (χ1v) is 9.10. The SMILES string of the molecule is CC(c1ccc(-c2ccc3sc(N)nc3c2)cc1)N1CCOCC1. The van der Waals surface area contributed by atoms with Crippen LogP contribution in [0, 0.1) is 0 Å². The summed E-state index contributed by atoms with van der Waals surface area (Å²) in [5.41, 5.74) is 10.5. The maximum atomic E-state index is 5.80. The standard InChI is InChI=1S/C19H21N3OS/c1-13(22-8-10-23-11-9-22)14-2-4-15(5-3-14)16-6-7-18-17(12-16)21-19(20)24-18/h2-7,12-13H,8-11H2,1H3,(H2,20,21). The van der Waals surface area contributed by atoms with E-state index >= 15 is 0 Å². The Morgan fingerprint density at radius 1 is 1.08 bits per heavy atom. The molecule has 1 unspecified atom stereocenters. The first-order chi connectivity index (χ1) is 11.7. The van der Waals surface area contributed by atoms with Crippen LogP contribution in [0.3, 0.4) is 0 Å². The summed E-state index contributed by atoms with van der Waals surface area (Å²) in [4.78, 5) is 6.86. The third kappa shape index (κ3) is 3.02. The van der Waals surface area contributed by atoms with Crippen LogP contribution in [0.1, 0.15) is 18.5 Å². The average Bonchev–Trinajstić information content (AvgIpc) is 3.01. The van der Waals surface area contributed by atoms with E-state index in [2.05, 4.69) is 59.3 Å². The zero-order chi connectivity index (χ0) is 16.5. The summed E-state index contributed by atoms with van der Waals surface area (Å²) in [6, 6.07) is 15.6. The zero-order valence-electron chi connectivity index (χ0n) is 13.7. The number of ether oxygens (including phenoxy) is 1. The van der Waals surface area contributed by atoms with E-state index in [1.165, 1.54) is 28.0 Å². The molecule has 1 aromatic heterocycles. The number of nitrogen functional groups attached to an aromatic ring is 1. The molecule has 1 fully saturated rings. The number of hydrogen-bond acceptors (Lipinski definition) is 5. The highest BCUT2D eigenvalue weighted by Gasteiger charge is 2.18. The van der Waals surface area contributed by atoms with Gasteiger partial charge >= 0.3 is 0 Å². The van der Waals surface area contributed by atoms with Crippen LogP contribution in [0.2, 0.25) is 0 Å². The molecule has 0 amide bonds. The van der Waals surface area contributed by atoms with Gasteiger partial charge in [0.2, 0.25) is 0 Å². The molecule has 124 valence electrons. The number of benzene rings is 2. The van der Waals surface area contributed by atoms with Gasteiger partial charge in [0.25, 0.3) is 0 Å². The van der Waals surface area contributed by atoms with Crippen LogP contribution >= 0.6 is 11.3 Å². The van der Waals surface area contributed by atoms with Crippen LogP contribution < -0.4 is 5.73 Å². The molecule has 1 saturated heterocycles. The Morgan fingerprint density at radius 2 is 1.79 bits per heavy atom. The molecule has 0 aliphatic carbocycles. The van der Waals surface area contributed by atoms with E-state index in [4.69, 9.17) is 10.5 Å². The number of thiazole rings is 1. The fourth-order valence-corrected chi connectivity index (χ4v) is 3.97. The van der Waals surface area contributed by atoms with E-state index in [-0.39, 0.29) is 0 Å². The van der Waals surface area contributed by atoms with Crippen LogP contribution in [0.4, 0.5) is 5.13 Å². The highest BCUT2D eigenvalue weighted by atomic mass is 32.1. The minimum absolute atomic E-state index is 0.420. The van der Waals surface area contributed by atoms with E-state index in [0.717, 1.165) is 36.5 Å². The number of rotatable bonds is 3. The van der Waals surface area contributed by atoms with Crippen molar-refractivity contribution in [1.29, 1.82) is 0 Å². The van der Waals surface area contributed by atoms with E-state index in [1.54, 1.807) is 0 Å². The highest BCUT2D eigenvalue weighted by molar-refractivity contribution is 7.22. The quantitative estimate of drug-likeness (QED) is 0.785. The molecule has 1 atom stereocenters. The predicted molar refractivity (Wildman–Crippen MR) is 100 cm³/mol. The van der Waals surface area contributed by atoms with Crippen molar-refractivity contribution >= 4 is 26.7 Å². The van der Waals surface area contributed by atoms with Crippen molar-refractivity contribution in [2.45, 2.75) is 13.0 Å². The summed E-state index contributed by atoms with van der Waals surface area (Å²) in [6.45, 7) is 5.94. The first kappa shape index (κ1) is 15.6. The molecule has 1 aliphatic rings. The minimum atomic E-state index is 0.420. The summed E-state index contributed by atoms with van der Waals surface area (Å²) in [7, 11) is 0. The van der Waals surface area contributed by atoms with Crippen LogP contribution in [-0.2, 0) is 4.74 Å². The van der Waals surface area contributed by atoms with Gasteiger partial charge in [0.1, 0.15) is 0 Å². The second-order valence-electron chi connectivity index (χ2n) is 6.18. The number of nitrogens with zero attached hydrogens (tertiary/aromatic N) is 2. The van der Waals surface area contributed by atoms with Gasteiger partial charge in [0.15, 0.2) is 5.13 Å². The van der Waals surface area contributed by atoms with Gasteiger partial charge in [-0.1, -0.05) is 41.7 Å². The van der Waals surface area contributed by atoms with Crippen molar-refractivity contribution in [1.82, 2.24) is 9.88 Å². The maximum Gasteiger partial charge on any atom is 0.181 e. The summed E-state index contributed by atoms with van der Waals surface area (Å²) >= 11 is 1.53. The number of aromatic nitrogens is 1. The van der Waals surface area contributed by atoms with Crippen LogP contribution in [0.25, 0.3) is 21.3 Å². The summed E-state index contributed by atoms with van der Waals surface area (Å²) < 4.78 is 6.58. The van der Waals surface area contributed by atoms with Crippen molar-refractivity contribution < 1.29 is 4.74 Å². The van der Waals surface area contributed by atoms with Gasteiger partial charge in [0, 0.05) is 19.1 Å². The Morgan fingerprint density at radius 3 is 2.54 bits per heavy atom. The van der Waals surface area contributed by atoms with E-state index < -0.39 is 0 Å². The second kappa shape index (κ2) is 6.51. The Kier molecular flexibility index (Phi) is 4.22. The third-order valence-corrected chi connectivity index (χ3v) is 5.59. The van der Waals surface area contributed by atoms with Crippen molar-refractivity contribution in [3.8, 4) is 11.1 Å². The minimum Gasteiger partial charge on any atom is -0.379 e. The lowest BCUT2D eigenvalue weighted by Gasteiger charge is -2.32. The zero-order valence-corrected chi connectivity index (χ0v) is 14.6. The lowest BCUT2D eigenvalue weighted by atomic mass is 10.0. The number of nitrogens with two attached hydrogens (primary N) is 1. The molecule has 2 N–H and O–H groups in total. The average molecular weight is 339 g/mol. The van der Waals surface area contributed by atoms with Gasteiger partial charge in [0.05, 0.1) is 23.4 Å². The fourth-order valence-electron chi connectivity index (χ4n) is 3.25. The molecule has 3 aromatic rings. The molecule has 0 spiro atoms. The number of hydrogen-bond donors (Lipinski definition) is 1. The smallest absolute Gasteiger partial charge is 0.181 e. The number of morpholine rings is 1. The van der Waals surface area contributed by atoms with E-state index in [0.29, 0.717) is 11.2 Å². The third-order valence-electron chi connectivity index (χ3n) is 4.72. The number of fused-ring (bicyclic) bond motifs is 1. The molecule has 4 nitrogen and oxygen atoms in total.